The van der Waals surface area contributed by atoms with Crippen molar-refractivity contribution in [2.24, 2.45) is 10.7 Å². The molecule has 45 heavy (non-hydrogen) atoms. The number of ether oxygens (including phenoxy) is 2. The molecule has 4 fully saturated rings. The van der Waals surface area contributed by atoms with Crippen LogP contribution in [0.5, 0.6) is 0 Å². The van der Waals surface area contributed by atoms with Crippen molar-refractivity contribution in [1.82, 2.24) is 35.1 Å². The molecule has 0 saturated carbocycles. The number of carbonyl (C=O) groups excluding carboxylic acids is 1. The normalized spacial score (nSPS) is 45.4. The Morgan fingerprint density at radius 1 is 0.956 bits per heavy atom. The molecule has 0 bridgehead atoms. The molecular formula is C20H28N10O13P2. The molecule has 4 saturated heterocycles. The molecule has 7 heterocycles. The van der Waals surface area contributed by atoms with Crippen LogP contribution in [0.4, 0.5) is 5.82 Å². The van der Waals surface area contributed by atoms with E-state index in [0.717, 1.165) is 6.33 Å². The Morgan fingerprint density at radius 2 is 1.58 bits per heavy atom. The van der Waals surface area contributed by atoms with Crippen LogP contribution in [0.25, 0.3) is 11.2 Å². The third-order valence-corrected chi connectivity index (χ3v) is 9.76. The number of aliphatic hydroxyl groups excluding tert-OH is 2. The van der Waals surface area contributed by atoms with Gasteiger partial charge in [-0.1, -0.05) is 0 Å². The predicted molar refractivity (Wildman–Crippen MR) is 143 cm³/mol. The number of aliphatic hydroxyl groups is 2. The van der Waals surface area contributed by atoms with E-state index in [1.54, 1.807) is 0 Å². The molecule has 23 nitrogen and oxygen atoms in total. The molecule has 0 radical (unpaired) electrons. The number of hydrogen-bond donors (Lipinski definition) is 8. The molecule has 0 aromatic carbocycles. The topological polar surface area (TPSA) is 323 Å². The number of phosphoric acid groups is 2. The van der Waals surface area contributed by atoms with Gasteiger partial charge in [-0.05, 0) is 0 Å². The van der Waals surface area contributed by atoms with Gasteiger partial charge in [0.25, 0.3) is 5.91 Å². The Bertz CT molecular complexity index is 1620. The summed E-state index contributed by atoms with van der Waals surface area (Å²) in [6.45, 7) is -1.61. The van der Waals surface area contributed by atoms with Gasteiger partial charge in [-0.25, -0.2) is 24.1 Å². The summed E-state index contributed by atoms with van der Waals surface area (Å²) in [5.74, 6) is -0.451. The van der Waals surface area contributed by atoms with Gasteiger partial charge in [0, 0.05) is 0 Å². The lowest BCUT2D eigenvalue weighted by Crippen LogP contribution is -2.70. The van der Waals surface area contributed by atoms with Crippen LogP contribution in [0, 0.1) is 0 Å². The van der Waals surface area contributed by atoms with Gasteiger partial charge in [0.2, 0.25) is 0 Å². The maximum Gasteiger partial charge on any atom is 0.472 e. The van der Waals surface area contributed by atoms with Crippen molar-refractivity contribution < 1.29 is 61.5 Å². The first-order valence-corrected chi connectivity index (χ1v) is 16.4. The van der Waals surface area contributed by atoms with E-state index >= 15 is 0 Å². The fourth-order valence-corrected chi connectivity index (χ4v) is 7.67. The number of nitrogen functional groups attached to an aromatic ring is 1. The number of carbonyl (C=O) groups is 1. The van der Waals surface area contributed by atoms with Gasteiger partial charge in [0.15, 0.2) is 30.0 Å². The lowest BCUT2D eigenvalue weighted by molar-refractivity contribution is -0.130. The Morgan fingerprint density at radius 3 is 2.24 bits per heavy atom. The van der Waals surface area contributed by atoms with Crippen LogP contribution in [0.3, 0.4) is 0 Å². The first kappa shape index (κ1) is 30.9. The monoisotopic (exact) mass is 678 g/mol. The molecule has 246 valence electrons. The second-order valence-electron chi connectivity index (χ2n) is 10.6. The van der Waals surface area contributed by atoms with Crippen LogP contribution in [-0.2, 0) is 41.5 Å². The summed E-state index contributed by atoms with van der Waals surface area (Å²) in [6.07, 6.45) is -10.5. The summed E-state index contributed by atoms with van der Waals surface area (Å²) in [5.41, 5.74) is 12.0. The van der Waals surface area contributed by atoms with Crippen molar-refractivity contribution in [2.45, 2.75) is 67.6 Å². The van der Waals surface area contributed by atoms with Crippen molar-refractivity contribution in [3.8, 4) is 0 Å². The zero-order chi connectivity index (χ0) is 31.8. The number of rotatable bonds is 2. The minimum Gasteiger partial charge on any atom is -0.386 e. The zero-order valence-corrected chi connectivity index (χ0v) is 24.5. The number of fused-ring (bicyclic) bond motifs is 4. The third kappa shape index (κ3) is 5.53. The molecule has 25 heteroatoms. The van der Waals surface area contributed by atoms with Crippen molar-refractivity contribution >= 4 is 44.9 Å². The average molecular weight is 678 g/mol. The molecule has 5 unspecified atom stereocenters. The number of imidazole rings is 1. The highest BCUT2D eigenvalue weighted by Crippen LogP contribution is 2.53. The van der Waals surface area contributed by atoms with Crippen LogP contribution >= 0.6 is 15.6 Å². The summed E-state index contributed by atoms with van der Waals surface area (Å²) in [7, 11) is -10.1. The fourth-order valence-electron chi connectivity index (χ4n) is 5.75. The number of amides is 1. The first-order valence-electron chi connectivity index (χ1n) is 13.4. The number of anilines is 1. The molecule has 2 aromatic heterocycles. The fraction of sp³-hybridized carbons (Fsp3) is 0.650. The van der Waals surface area contributed by atoms with Gasteiger partial charge in [-0.3, -0.25) is 43.5 Å². The highest BCUT2D eigenvalue weighted by molar-refractivity contribution is 7.47. The minimum atomic E-state index is -5.03. The van der Waals surface area contributed by atoms with Crippen LogP contribution in [0.15, 0.2) is 17.6 Å². The molecule has 0 spiro atoms. The number of phosphoric ester groups is 2. The molecule has 2 aromatic rings. The van der Waals surface area contributed by atoms with Crippen molar-refractivity contribution in [3.63, 3.8) is 0 Å². The Hall–Kier alpha value is -2.73. The Labute approximate surface area is 251 Å². The van der Waals surface area contributed by atoms with Gasteiger partial charge in [0.05, 0.1) is 25.9 Å². The van der Waals surface area contributed by atoms with Crippen molar-refractivity contribution in [3.05, 3.63) is 12.7 Å². The van der Waals surface area contributed by atoms with Gasteiger partial charge in [-0.2, -0.15) is 0 Å². The maximum absolute atomic E-state index is 13.1. The van der Waals surface area contributed by atoms with E-state index in [1.807, 2.05) is 0 Å². The lowest BCUT2D eigenvalue weighted by Gasteiger charge is -2.38. The van der Waals surface area contributed by atoms with Crippen LogP contribution in [0.2, 0.25) is 0 Å². The summed E-state index contributed by atoms with van der Waals surface area (Å²) >= 11 is 0. The standard InChI is InChI=1S/C20H28N10O13P2/c21-14-8-15(24-3-23-14)29(4-25-8)18-10(31)12-6(40-18)1-38-45(36,37)43-13-7(2-39-44(34,35)42-12)41-19(11(13)32)30-5-26-9-16(30)27-20(22)28-17(9)33/h3-7,9-13,16,18-20,27,31-32H,1-2,22H2,(H,28,33)(H,34,35)(H,36,37)(H2,21,23,24)/t6-,7-,9?,10-,11-,12-,13-,16?,18-,19-,20?/m1/s1. The molecule has 5 aliphatic heterocycles. The van der Waals surface area contributed by atoms with Crippen molar-refractivity contribution in [1.29, 1.82) is 0 Å². The number of aliphatic imine (C=N–C) groups is 1. The average Bonchev–Trinajstić information content (AvgIpc) is 3.72. The quantitative estimate of drug-likeness (QED) is 0.139. The van der Waals surface area contributed by atoms with Gasteiger partial charge < -0.3 is 45.4 Å². The molecule has 5 aliphatic rings. The van der Waals surface area contributed by atoms with Crippen molar-refractivity contribution in [2.75, 3.05) is 18.9 Å². The lowest BCUT2D eigenvalue weighted by atomic mass is 10.1. The SMILES string of the molecule is Nc1ncnc2c1ncn2[C@@H]1O[C@@H]2COP(=O)(O)O[C@H]3[C@@H](O)[C@H](N4C=NC5C(=O)NC(N)NC54)O[C@@H]3COP(=O)(O)O[C@H]2[C@H]1O. The number of nitrogens with one attached hydrogen (secondary N) is 2. The van der Waals surface area contributed by atoms with E-state index in [4.69, 9.17) is 39.0 Å². The molecular weight excluding hydrogens is 650 g/mol. The van der Waals surface area contributed by atoms with Gasteiger partial charge in [0.1, 0.15) is 60.9 Å². The predicted octanol–water partition coefficient (Wildman–Crippen LogP) is -4.23. The highest BCUT2D eigenvalue weighted by atomic mass is 31.2. The summed E-state index contributed by atoms with van der Waals surface area (Å²) in [5, 5.41) is 27.6. The zero-order valence-electron chi connectivity index (χ0n) is 22.7. The molecule has 7 rings (SSSR count). The molecule has 1 amide bonds. The number of aromatic nitrogens is 4. The van der Waals surface area contributed by atoms with E-state index in [-0.39, 0.29) is 17.0 Å². The first-order chi connectivity index (χ1) is 21.3. The minimum absolute atomic E-state index is 0.0436. The second kappa shape index (κ2) is 11.2. The van der Waals surface area contributed by atoms with Gasteiger partial charge >= 0.3 is 15.6 Å². The van der Waals surface area contributed by atoms with E-state index in [1.165, 1.54) is 22.1 Å². The van der Waals surface area contributed by atoms with E-state index < -0.39 is 102 Å². The van der Waals surface area contributed by atoms with Crippen LogP contribution in [-0.4, -0.2) is 131 Å². The number of nitrogens with zero attached hydrogens (tertiary/aromatic N) is 6. The van der Waals surface area contributed by atoms with Gasteiger partial charge in [-0.15, -0.1) is 0 Å². The van der Waals surface area contributed by atoms with E-state index in [0.29, 0.717) is 0 Å². The van der Waals surface area contributed by atoms with E-state index in [9.17, 15) is 33.9 Å². The highest BCUT2D eigenvalue weighted by Gasteiger charge is 2.56. The number of hydrogen-bond acceptors (Lipinski definition) is 19. The Kier molecular flexibility index (Phi) is 7.70. The second-order valence-corrected chi connectivity index (χ2v) is 13.4. The smallest absolute Gasteiger partial charge is 0.386 e. The molecule has 0 aliphatic carbocycles. The summed E-state index contributed by atoms with van der Waals surface area (Å²) in [4.78, 5) is 51.0. The Balaban J connectivity index is 1.13. The third-order valence-electron chi connectivity index (χ3n) is 7.79. The molecule has 13 atom stereocenters. The summed E-state index contributed by atoms with van der Waals surface area (Å²) < 4.78 is 60.0. The number of nitrogens with two attached hydrogens (primary N) is 2. The van der Waals surface area contributed by atoms with Crippen LogP contribution in [0.1, 0.15) is 6.23 Å². The largest absolute Gasteiger partial charge is 0.472 e. The summed E-state index contributed by atoms with van der Waals surface area (Å²) in [6, 6.07) is -0.956. The maximum atomic E-state index is 13.1. The molecule has 10 N–H and O–H groups in total. The van der Waals surface area contributed by atoms with Crippen LogP contribution < -0.4 is 22.1 Å². The van der Waals surface area contributed by atoms with E-state index in [2.05, 4.69) is 30.6 Å².